The molecule has 0 aromatic heterocycles. The van der Waals surface area contributed by atoms with Crippen LogP contribution in [0.4, 0.5) is 0 Å². The van der Waals surface area contributed by atoms with Gasteiger partial charge in [0.05, 0.1) is 0 Å². The van der Waals surface area contributed by atoms with E-state index in [2.05, 4.69) is 0 Å². The molecule has 0 fully saturated rings. The summed E-state index contributed by atoms with van der Waals surface area (Å²) in [6.45, 7) is 0. The molecule has 0 unspecified atom stereocenters. The Labute approximate surface area is 154 Å². The van der Waals surface area contributed by atoms with Crippen molar-refractivity contribution >= 4 is 11.0 Å². The Balaban J connectivity index is 0.00000156. The van der Waals surface area contributed by atoms with E-state index >= 15 is 0 Å². The van der Waals surface area contributed by atoms with Crippen molar-refractivity contribution in [2.45, 2.75) is 0 Å². The van der Waals surface area contributed by atoms with Crippen LogP contribution in [0, 0.1) is 0 Å². The van der Waals surface area contributed by atoms with Crippen molar-refractivity contribution in [2.75, 3.05) is 0 Å². The summed E-state index contributed by atoms with van der Waals surface area (Å²) in [6, 6.07) is 19.4. The van der Waals surface area contributed by atoms with Crippen molar-refractivity contribution in [3.63, 3.8) is 0 Å². The standard InChI is InChI=1S/C19H12O3.Na/c20-13-6-8-15-17(10-13)22-18-11-14(21)7-9-16(18)19(15)12-4-2-1-3-5-12;/h1-11,20H;/q;+1/p-1. The van der Waals surface area contributed by atoms with Gasteiger partial charge in [-0.2, -0.15) is 0 Å². The molecule has 0 N–H and O–H groups in total. The molecule has 4 rings (SSSR count). The molecule has 0 saturated heterocycles. The first kappa shape index (κ1) is 15.8. The minimum Gasteiger partial charge on any atom is -0.872 e. The number of rotatable bonds is 1. The van der Waals surface area contributed by atoms with Crippen LogP contribution in [0.5, 0.6) is 5.75 Å². The normalized spacial score (nSPS) is 10.6. The summed E-state index contributed by atoms with van der Waals surface area (Å²) < 4.78 is 5.77. The molecule has 23 heavy (non-hydrogen) atoms. The summed E-state index contributed by atoms with van der Waals surface area (Å²) in [5.41, 5.74) is 3.22. The van der Waals surface area contributed by atoms with Crippen LogP contribution in [0.2, 0.25) is 0 Å². The maximum atomic E-state index is 11.6. The summed E-state index contributed by atoms with van der Waals surface area (Å²) in [5.74, 6) is 0.373. The molecule has 2 aliphatic rings. The monoisotopic (exact) mass is 310 g/mol. The molecule has 106 valence electrons. The molecule has 3 nitrogen and oxygen atoms in total. The molecule has 2 aromatic rings. The third kappa shape index (κ3) is 2.79. The second kappa shape index (κ2) is 6.20. The Kier molecular flexibility index (Phi) is 4.26. The number of hydrogen-bond acceptors (Lipinski definition) is 3. The fraction of sp³-hybridized carbons (Fsp3) is 0. The van der Waals surface area contributed by atoms with Crippen LogP contribution in [-0.2, 0) is 0 Å². The molecule has 0 atom stereocenters. The van der Waals surface area contributed by atoms with E-state index in [1.54, 1.807) is 12.1 Å². The summed E-state index contributed by atoms with van der Waals surface area (Å²) in [5, 5.41) is 12.5. The molecule has 1 heterocycles. The minimum atomic E-state index is -0.118. The molecular weight excluding hydrogens is 299 g/mol. The Morgan fingerprint density at radius 1 is 0.870 bits per heavy atom. The van der Waals surface area contributed by atoms with Gasteiger partial charge in [0.15, 0.2) is 5.43 Å². The van der Waals surface area contributed by atoms with Gasteiger partial charge in [-0.3, -0.25) is 4.79 Å². The molecular formula is C19H11NaO3. The van der Waals surface area contributed by atoms with Crippen LogP contribution >= 0.6 is 0 Å². The minimum absolute atomic E-state index is 0. The zero-order chi connectivity index (χ0) is 15.1. The van der Waals surface area contributed by atoms with Crippen molar-refractivity contribution in [2.24, 2.45) is 0 Å². The quantitative estimate of drug-likeness (QED) is 0.383. The third-order valence-electron chi connectivity index (χ3n) is 3.73. The van der Waals surface area contributed by atoms with Gasteiger partial charge in [0.25, 0.3) is 0 Å². The summed E-state index contributed by atoms with van der Waals surface area (Å²) in [4.78, 5) is 11.6. The summed E-state index contributed by atoms with van der Waals surface area (Å²) in [6.07, 6.45) is 0. The van der Waals surface area contributed by atoms with Gasteiger partial charge in [0, 0.05) is 22.6 Å². The average Bonchev–Trinajstić information content (AvgIpc) is 2.53. The van der Waals surface area contributed by atoms with Crippen LogP contribution in [0.15, 0.2) is 75.9 Å². The second-order valence-corrected chi connectivity index (χ2v) is 5.16. The van der Waals surface area contributed by atoms with Crippen LogP contribution in [0.3, 0.4) is 0 Å². The first-order valence-corrected chi connectivity index (χ1v) is 6.95. The molecule has 1 aliphatic carbocycles. The molecule has 0 saturated carbocycles. The second-order valence-electron chi connectivity index (χ2n) is 5.16. The summed E-state index contributed by atoms with van der Waals surface area (Å²) >= 11 is 0. The predicted molar refractivity (Wildman–Crippen MR) is 84.0 cm³/mol. The van der Waals surface area contributed by atoms with Crippen molar-refractivity contribution in [1.82, 2.24) is 0 Å². The number of benzene rings is 3. The Bertz CT molecular complexity index is 1010. The van der Waals surface area contributed by atoms with Gasteiger partial charge in [-0.15, -0.1) is 5.75 Å². The number of fused-ring (bicyclic) bond motifs is 2. The third-order valence-corrected chi connectivity index (χ3v) is 3.73. The SMILES string of the molecule is O=c1ccc2c(-c3ccccc3)c3ccc([O-])cc3oc-2c1.[Na+]. The van der Waals surface area contributed by atoms with Gasteiger partial charge in [0.1, 0.15) is 11.3 Å². The van der Waals surface area contributed by atoms with Gasteiger partial charge in [-0.25, -0.2) is 0 Å². The van der Waals surface area contributed by atoms with Crippen LogP contribution in [0.1, 0.15) is 0 Å². The van der Waals surface area contributed by atoms with E-state index in [1.165, 1.54) is 24.3 Å². The molecule has 0 bridgehead atoms. The molecule has 0 spiro atoms. The van der Waals surface area contributed by atoms with E-state index in [-0.39, 0.29) is 40.7 Å². The molecule has 1 aliphatic heterocycles. The van der Waals surface area contributed by atoms with E-state index < -0.39 is 0 Å². The van der Waals surface area contributed by atoms with Crippen LogP contribution < -0.4 is 40.1 Å². The Morgan fingerprint density at radius 2 is 1.65 bits per heavy atom. The zero-order valence-electron chi connectivity index (χ0n) is 12.6. The van der Waals surface area contributed by atoms with Crippen LogP contribution in [0.25, 0.3) is 33.4 Å². The number of hydrogen-bond donors (Lipinski definition) is 0. The first-order chi connectivity index (χ1) is 10.7. The van der Waals surface area contributed by atoms with E-state index in [4.69, 9.17) is 4.42 Å². The Hall–Kier alpha value is -2.07. The van der Waals surface area contributed by atoms with E-state index in [0.29, 0.717) is 11.3 Å². The van der Waals surface area contributed by atoms with Gasteiger partial charge >= 0.3 is 29.6 Å². The fourth-order valence-corrected chi connectivity index (χ4v) is 2.77. The largest absolute Gasteiger partial charge is 1.00 e. The smallest absolute Gasteiger partial charge is 0.872 e. The topological polar surface area (TPSA) is 53.3 Å². The van der Waals surface area contributed by atoms with Gasteiger partial charge in [-0.1, -0.05) is 42.5 Å². The molecule has 0 radical (unpaired) electrons. The van der Waals surface area contributed by atoms with E-state index in [0.717, 1.165) is 22.1 Å². The summed E-state index contributed by atoms with van der Waals surface area (Å²) in [7, 11) is 0. The van der Waals surface area contributed by atoms with Crippen molar-refractivity contribution in [3.05, 3.63) is 77.0 Å². The zero-order valence-corrected chi connectivity index (χ0v) is 14.6. The average molecular weight is 310 g/mol. The van der Waals surface area contributed by atoms with Crippen LogP contribution in [-0.4, -0.2) is 0 Å². The van der Waals surface area contributed by atoms with Crippen molar-refractivity contribution < 1.29 is 39.1 Å². The van der Waals surface area contributed by atoms with Gasteiger partial charge < -0.3 is 9.52 Å². The van der Waals surface area contributed by atoms with E-state index in [9.17, 15) is 9.90 Å². The molecule has 2 aromatic carbocycles. The van der Waals surface area contributed by atoms with Crippen molar-refractivity contribution in [3.8, 4) is 28.2 Å². The van der Waals surface area contributed by atoms with Gasteiger partial charge in [0.2, 0.25) is 0 Å². The maximum absolute atomic E-state index is 11.6. The molecule has 4 heteroatoms. The maximum Gasteiger partial charge on any atom is 1.00 e. The van der Waals surface area contributed by atoms with Crippen molar-refractivity contribution in [1.29, 1.82) is 0 Å². The first-order valence-electron chi connectivity index (χ1n) is 6.95. The Morgan fingerprint density at radius 3 is 2.43 bits per heavy atom. The van der Waals surface area contributed by atoms with Gasteiger partial charge in [-0.05, 0) is 23.8 Å². The molecule has 0 amide bonds. The predicted octanol–water partition coefficient (Wildman–Crippen LogP) is 0.642. The van der Waals surface area contributed by atoms with E-state index in [1.807, 2.05) is 30.3 Å². The fourth-order valence-electron chi connectivity index (χ4n) is 2.77.